The number of aliphatic carboxylic acids is 1. The van der Waals surface area contributed by atoms with Gasteiger partial charge in [0.1, 0.15) is 11.6 Å². The SMILES string of the molecule is Cc1ccc(O[C@@H](Cc2ccc(F)cc2)C(=O)O)cc1C. The highest BCUT2D eigenvalue weighted by Gasteiger charge is 2.20. The zero-order chi connectivity index (χ0) is 15.4. The standard InChI is InChI=1S/C17H17FO3/c1-11-3-8-15(9-12(11)2)21-16(17(19)20)10-13-4-6-14(18)7-5-13/h3-9,16H,10H2,1-2H3,(H,19,20)/t16-/m0/s1. The van der Waals surface area contributed by atoms with Crippen molar-refractivity contribution in [2.45, 2.75) is 26.4 Å². The molecular formula is C17H17FO3. The van der Waals surface area contributed by atoms with E-state index >= 15 is 0 Å². The predicted octanol–water partition coefficient (Wildman–Crippen LogP) is 3.52. The number of ether oxygens (including phenoxy) is 1. The van der Waals surface area contributed by atoms with E-state index < -0.39 is 12.1 Å². The number of carboxylic acid groups (broad SMARTS) is 1. The summed E-state index contributed by atoms with van der Waals surface area (Å²) >= 11 is 0. The molecule has 4 heteroatoms. The smallest absolute Gasteiger partial charge is 0.345 e. The van der Waals surface area contributed by atoms with Gasteiger partial charge in [0.25, 0.3) is 0 Å². The van der Waals surface area contributed by atoms with Gasteiger partial charge in [0.05, 0.1) is 0 Å². The van der Waals surface area contributed by atoms with Gasteiger partial charge in [0, 0.05) is 6.42 Å². The Hall–Kier alpha value is -2.36. The summed E-state index contributed by atoms with van der Waals surface area (Å²) in [6, 6.07) is 11.2. The molecule has 0 spiro atoms. The molecule has 1 atom stereocenters. The Labute approximate surface area is 123 Å². The number of halogens is 1. The number of carbonyl (C=O) groups is 1. The van der Waals surface area contributed by atoms with Gasteiger partial charge in [-0.05, 0) is 54.8 Å². The minimum atomic E-state index is -1.04. The number of aryl methyl sites for hydroxylation is 2. The van der Waals surface area contributed by atoms with Gasteiger partial charge in [-0.15, -0.1) is 0 Å². The summed E-state index contributed by atoms with van der Waals surface area (Å²) in [7, 11) is 0. The first-order valence-corrected chi connectivity index (χ1v) is 6.67. The van der Waals surface area contributed by atoms with Crippen LogP contribution in [0.4, 0.5) is 4.39 Å². The van der Waals surface area contributed by atoms with Crippen LogP contribution < -0.4 is 4.74 Å². The van der Waals surface area contributed by atoms with E-state index in [1.54, 1.807) is 18.2 Å². The van der Waals surface area contributed by atoms with Crippen LogP contribution in [0.5, 0.6) is 5.75 Å². The molecule has 1 N–H and O–H groups in total. The number of hydrogen-bond acceptors (Lipinski definition) is 2. The van der Waals surface area contributed by atoms with Crippen molar-refractivity contribution in [2.75, 3.05) is 0 Å². The predicted molar refractivity (Wildman–Crippen MR) is 78.1 cm³/mol. The Kier molecular flexibility index (Phi) is 4.58. The molecule has 0 fully saturated rings. The van der Waals surface area contributed by atoms with Crippen LogP contribution in [0.25, 0.3) is 0 Å². The summed E-state index contributed by atoms with van der Waals surface area (Å²) in [5.74, 6) is -0.870. The lowest BCUT2D eigenvalue weighted by molar-refractivity contribution is -0.145. The summed E-state index contributed by atoms with van der Waals surface area (Å²) in [4.78, 5) is 11.3. The van der Waals surface area contributed by atoms with Crippen LogP contribution in [0.3, 0.4) is 0 Å². The molecule has 110 valence electrons. The Balaban J connectivity index is 2.13. The highest BCUT2D eigenvalue weighted by atomic mass is 19.1. The van der Waals surface area contributed by atoms with E-state index in [2.05, 4.69) is 0 Å². The minimum Gasteiger partial charge on any atom is -0.478 e. The summed E-state index contributed by atoms with van der Waals surface area (Å²) in [5, 5.41) is 9.28. The van der Waals surface area contributed by atoms with E-state index in [9.17, 15) is 14.3 Å². The zero-order valence-corrected chi connectivity index (χ0v) is 12.0. The van der Waals surface area contributed by atoms with Crippen molar-refractivity contribution in [1.29, 1.82) is 0 Å². The van der Waals surface area contributed by atoms with Crippen LogP contribution in [-0.2, 0) is 11.2 Å². The summed E-state index contributed by atoms with van der Waals surface area (Å²) in [6.45, 7) is 3.92. The first-order chi connectivity index (χ1) is 9.95. The van der Waals surface area contributed by atoms with Gasteiger partial charge in [0.2, 0.25) is 0 Å². The van der Waals surface area contributed by atoms with Gasteiger partial charge in [-0.2, -0.15) is 0 Å². The van der Waals surface area contributed by atoms with Crippen LogP contribution in [0.2, 0.25) is 0 Å². The normalized spacial score (nSPS) is 12.0. The van der Waals surface area contributed by atoms with Gasteiger partial charge in [-0.3, -0.25) is 0 Å². The summed E-state index contributed by atoms with van der Waals surface area (Å²) in [5.41, 5.74) is 2.87. The molecule has 2 rings (SSSR count). The maximum Gasteiger partial charge on any atom is 0.345 e. The number of benzene rings is 2. The van der Waals surface area contributed by atoms with E-state index in [1.165, 1.54) is 12.1 Å². The average molecular weight is 288 g/mol. The van der Waals surface area contributed by atoms with E-state index in [-0.39, 0.29) is 12.2 Å². The minimum absolute atomic E-state index is 0.183. The molecule has 0 bridgehead atoms. The van der Waals surface area contributed by atoms with Crippen LogP contribution >= 0.6 is 0 Å². The van der Waals surface area contributed by atoms with Crippen LogP contribution in [0.15, 0.2) is 42.5 Å². The quantitative estimate of drug-likeness (QED) is 0.915. The molecule has 2 aromatic carbocycles. The lowest BCUT2D eigenvalue weighted by atomic mass is 10.1. The summed E-state index contributed by atoms with van der Waals surface area (Å²) in [6.07, 6.45) is -0.819. The molecule has 0 unspecified atom stereocenters. The second-order valence-corrected chi connectivity index (χ2v) is 5.02. The van der Waals surface area contributed by atoms with E-state index in [0.717, 1.165) is 11.1 Å². The fourth-order valence-corrected chi connectivity index (χ4v) is 1.97. The number of hydrogen-bond donors (Lipinski definition) is 1. The molecule has 0 aliphatic rings. The first-order valence-electron chi connectivity index (χ1n) is 6.67. The molecule has 0 amide bonds. The highest BCUT2D eigenvalue weighted by Crippen LogP contribution is 2.19. The molecule has 0 radical (unpaired) electrons. The Bertz CT molecular complexity index is 635. The molecular weight excluding hydrogens is 271 g/mol. The lowest BCUT2D eigenvalue weighted by Gasteiger charge is -2.16. The second-order valence-electron chi connectivity index (χ2n) is 5.02. The Morgan fingerprint density at radius 3 is 2.38 bits per heavy atom. The van der Waals surface area contributed by atoms with Crippen molar-refractivity contribution >= 4 is 5.97 Å². The van der Waals surface area contributed by atoms with Crippen molar-refractivity contribution in [3.8, 4) is 5.75 Å². The molecule has 0 heterocycles. The molecule has 0 aliphatic heterocycles. The van der Waals surface area contributed by atoms with Crippen LogP contribution in [-0.4, -0.2) is 17.2 Å². The van der Waals surface area contributed by atoms with Gasteiger partial charge in [0.15, 0.2) is 6.10 Å². The fraction of sp³-hybridized carbons (Fsp3) is 0.235. The van der Waals surface area contributed by atoms with Crippen molar-refractivity contribution in [2.24, 2.45) is 0 Å². The largest absolute Gasteiger partial charge is 0.478 e. The summed E-state index contributed by atoms with van der Waals surface area (Å²) < 4.78 is 18.4. The number of rotatable bonds is 5. The Morgan fingerprint density at radius 1 is 1.14 bits per heavy atom. The third-order valence-corrected chi connectivity index (χ3v) is 3.37. The molecule has 0 aromatic heterocycles. The van der Waals surface area contributed by atoms with Crippen LogP contribution in [0, 0.1) is 19.7 Å². The molecule has 0 saturated carbocycles. The number of carboxylic acids is 1. The van der Waals surface area contributed by atoms with Crippen molar-refractivity contribution in [1.82, 2.24) is 0 Å². The fourth-order valence-electron chi connectivity index (χ4n) is 1.97. The highest BCUT2D eigenvalue weighted by molar-refractivity contribution is 5.73. The monoisotopic (exact) mass is 288 g/mol. The lowest BCUT2D eigenvalue weighted by Crippen LogP contribution is -2.29. The van der Waals surface area contributed by atoms with E-state index in [0.29, 0.717) is 11.3 Å². The Morgan fingerprint density at radius 2 is 1.81 bits per heavy atom. The van der Waals surface area contributed by atoms with Gasteiger partial charge >= 0.3 is 5.97 Å². The van der Waals surface area contributed by atoms with E-state index in [4.69, 9.17) is 4.74 Å². The maximum absolute atomic E-state index is 12.9. The van der Waals surface area contributed by atoms with Gasteiger partial charge < -0.3 is 9.84 Å². The van der Waals surface area contributed by atoms with Crippen LogP contribution in [0.1, 0.15) is 16.7 Å². The molecule has 0 aliphatic carbocycles. The average Bonchev–Trinajstić information content (AvgIpc) is 2.44. The van der Waals surface area contributed by atoms with Crippen molar-refractivity contribution in [3.63, 3.8) is 0 Å². The molecule has 0 saturated heterocycles. The molecule has 3 nitrogen and oxygen atoms in total. The topological polar surface area (TPSA) is 46.5 Å². The van der Waals surface area contributed by atoms with E-state index in [1.807, 2.05) is 26.0 Å². The zero-order valence-electron chi connectivity index (χ0n) is 12.0. The van der Waals surface area contributed by atoms with Gasteiger partial charge in [-0.1, -0.05) is 18.2 Å². The maximum atomic E-state index is 12.9. The third-order valence-electron chi connectivity index (χ3n) is 3.37. The molecule has 2 aromatic rings. The molecule has 21 heavy (non-hydrogen) atoms. The van der Waals surface area contributed by atoms with Crippen molar-refractivity contribution < 1.29 is 19.0 Å². The second kappa shape index (κ2) is 6.39. The van der Waals surface area contributed by atoms with Gasteiger partial charge in [-0.25, -0.2) is 9.18 Å². The first kappa shape index (κ1) is 15.0. The third kappa shape index (κ3) is 4.05. The van der Waals surface area contributed by atoms with Crippen molar-refractivity contribution in [3.05, 3.63) is 65.0 Å².